The van der Waals surface area contributed by atoms with E-state index < -0.39 is 0 Å². The molecule has 1 heterocycles. The molecule has 0 amide bonds. The van der Waals surface area contributed by atoms with E-state index in [1.165, 1.54) is 38.0 Å². The van der Waals surface area contributed by atoms with Crippen LogP contribution in [0.25, 0.3) is 0 Å². The Morgan fingerprint density at radius 1 is 0.941 bits per heavy atom. The molecule has 0 aliphatic carbocycles. The van der Waals surface area contributed by atoms with E-state index in [1.807, 2.05) is 6.07 Å². The summed E-state index contributed by atoms with van der Waals surface area (Å²) in [7, 11) is 0. The van der Waals surface area contributed by atoms with Gasteiger partial charge in [0.2, 0.25) is 0 Å². The number of hydrogen-bond acceptors (Lipinski definition) is 2. The zero-order chi connectivity index (χ0) is 12.3. The van der Waals surface area contributed by atoms with Crippen LogP contribution in [0.2, 0.25) is 0 Å². The minimum absolute atomic E-state index is 1.08. The summed E-state index contributed by atoms with van der Waals surface area (Å²) < 4.78 is 0. The van der Waals surface area contributed by atoms with Crippen LogP contribution >= 0.6 is 0 Å². The lowest BCUT2D eigenvalue weighted by molar-refractivity contribution is 0.520. The highest BCUT2D eigenvalue weighted by molar-refractivity contribution is 5.45. The van der Waals surface area contributed by atoms with Gasteiger partial charge in [0, 0.05) is 18.8 Å². The zero-order valence-electron chi connectivity index (χ0n) is 11.3. The number of para-hydroxylation sites is 1. The van der Waals surface area contributed by atoms with Crippen LogP contribution in [0.3, 0.4) is 0 Å². The highest BCUT2D eigenvalue weighted by atomic mass is 15.1. The molecule has 1 saturated heterocycles. The number of nitrogens with zero attached hydrogens (tertiary/aromatic N) is 1. The number of anilines is 1. The van der Waals surface area contributed by atoms with E-state index in [0.717, 1.165) is 13.1 Å². The smallest absolute Gasteiger partial charge is 0.0365 e. The van der Waals surface area contributed by atoms with Crippen molar-refractivity contribution in [2.75, 3.05) is 31.1 Å². The summed E-state index contributed by atoms with van der Waals surface area (Å²) >= 11 is 0. The maximum Gasteiger partial charge on any atom is 0.0365 e. The predicted molar refractivity (Wildman–Crippen MR) is 76.7 cm³/mol. The first-order valence-electron chi connectivity index (χ1n) is 6.89. The van der Waals surface area contributed by atoms with Crippen molar-refractivity contribution in [1.82, 2.24) is 5.32 Å². The first-order chi connectivity index (χ1) is 8.38. The van der Waals surface area contributed by atoms with Crippen molar-refractivity contribution in [2.45, 2.75) is 33.1 Å². The van der Waals surface area contributed by atoms with E-state index in [4.69, 9.17) is 0 Å². The number of hydrogen-bond donors (Lipinski definition) is 1. The molecule has 1 aromatic rings. The molecule has 2 heteroatoms. The summed E-state index contributed by atoms with van der Waals surface area (Å²) in [5.41, 5.74) is 1.32. The molecular formula is C15H26N2. The molecular weight excluding hydrogens is 208 g/mol. The highest BCUT2D eigenvalue weighted by Crippen LogP contribution is 2.11. The molecule has 2 rings (SSSR count). The SMILES string of the molecule is C1CCNCC1.CCN(CC)c1ccccc1. The summed E-state index contributed by atoms with van der Waals surface area (Å²) in [4.78, 5) is 2.33. The van der Waals surface area contributed by atoms with Crippen LogP contribution in [0, 0.1) is 0 Å². The van der Waals surface area contributed by atoms with Crippen molar-refractivity contribution in [2.24, 2.45) is 0 Å². The molecule has 1 aromatic carbocycles. The summed E-state index contributed by atoms with van der Waals surface area (Å²) in [6, 6.07) is 10.5. The predicted octanol–water partition coefficient (Wildman–Crippen LogP) is 3.29. The van der Waals surface area contributed by atoms with Crippen molar-refractivity contribution in [3.8, 4) is 0 Å². The van der Waals surface area contributed by atoms with Gasteiger partial charge >= 0.3 is 0 Å². The second-order valence-electron chi connectivity index (χ2n) is 4.32. The molecule has 1 fully saturated rings. The Morgan fingerprint density at radius 2 is 1.53 bits per heavy atom. The highest BCUT2D eigenvalue weighted by Gasteiger charge is 1.97. The Hall–Kier alpha value is -1.02. The van der Waals surface area contributed by atoms with Crippen LogP contribution in [-0.4, -0.2) is 26.2 Å². The van der Waals surface area contributed by atoms with Gasteiger partial charge in [0.15, 0.2) is 0 Å². The van der Waals surface area contributed by atoms with Gasteiger partial charge in [0.25, 0.3) is 0 Å². The van der Waals surface area contributed by atoms with E-state index in [1.54, 1.807) is 0 Å². The molecule has 0 radical (unpaired) electrons. The van der Waals surface area contributed by atoms with Gasteiger partial charge in [-0.3, -0.25) is 0 Å². The lowest BCUT2D eigenvalue weighted by atomic mass is 10.2. The molecule has 0 unspecified atom stereocenters. The fourth-order valence-electron chi connectivity index (χ4n) is 2.03. The van der Waals surface area contributed by atoms with Crippen LogP contribution in [0.1, 0.15) is 33.1 Å². The maximum atomic E-state index is 3.28. The van der Waals surface area contributed by atoms with Crippen molar-refractivity contribution in [1.29, 1.82) is 0 Å². The Labute approximate surface area is 106 Å². The van der Waals surface area contributed by atoms with E-state index in [2.05, 4.69) is 48.3 Å². The lowest BCUT2D eigenvalue weighted by Crippen LogP contribution is -2.21. The van der Waals surface area contributed by atoms with Crippen LogP contribution in [-0.2, 0) is 0 Å². The second kappa shape index (κ2) is 9.06. The summed E-state index contributed by atoms with van der Waals surface area (Å²) in [5.74, 6) is 0. The van der Waals surface area contributed by atoms with E-state index in [0.29, 0.717) is 0 Å². The first kappa shape index (κ1) is 14.0. The quantitative estimate of drug-likeness (QED) is 0.863. The molecule has 0 saturated carbocycles. The zero-order valence-corrected chi connectivity index (χ0v) is 11.3. The molecule has 1 aliphatic rings. The van der Waals surface area contributed by atoms with Gasteiger partial charge < -0.3 is 10.2 Å². The van der Waals surface area contributed by atoms with Crippen LogP contribution in [0.15, 0.2) is 30.3 Å². The second-order valence-corrected chi connectivity index (χ2v) is 4.32. The maximum absolute atomic E-state index is 3.28. The summed E-state index contributed by atoms with van der Waals surface area (Å²) in [6.45, 7) is 9.02. The average molecular weight is 234 g/mol. The summed E-state index contributed by atoms with van der Waals surface area (Å²) in [6.07, 6.45) is 4.22. The lowest BCUT2D eigenvalue weighted by Gasteiger charge is -2.20. The van der Waals surface area contributed by atoms with Gasteiger partial charge in [0.05, 0.1) is 0 Å². The Balaban J connectivity index is 0.000000202. The van der Waals surface area contributed by atoms with Crippen LogP contribution in [0.5, 0.6) is 0 Å². The van der Waals surface area contributed by atoms with Gasteiger partial charge in [-0.2, -0.15) is 0 Å². The normalized spacial score (nSPS) is 14.7. The van der Waals surface area contributed by atoms with Gasteiger partial charge in [-0.1, -0.05) is 24.6 Å². The molecule has 0 atom stereocenters. The van der Waals surface area contributed by atoms with E-state index in [9.17, 15) is 0 Å². The molecule has 96 valence electrons. The standard InChI is InChI=1S/C10H15N.C5H11N/c1-3-11(4-2)10-8-6-5-7-9-10;1-2-4-6-5-3-1/h5-9H,3-4H2,1-2H3;6H,1-5H2. The topological polar surface area (TPSA) is 15.3 Å². The van der Waals surface area contributed by atoms with E-state index >= 15 is 0 Å². The van der Waals surface area contributed by atoms with Crippen molar-refractivity contribution in [3.63, 3.8) is 0 Å². The van der Waals surface area contributed by atoms with E-state index in [-0.39, 0.29) is 0 Å². The largest absolute Gasteiger partial charge is 0.372 e. The number of piperidine rings is 1. The fraction of sp³-hybridized carbons (Fsp3) is 0.600. The van der Waals surface area contributed by atoms with Crippen molar-refractivity contribution >= 4 is 5.69 Å². The Morgan fingerprint density at radius 3 is 1.88 bits per heavy atom. The Bertz CT molecular complexity index is 252. The molecule has 2 nitrogen and oxygen atoms in total. The number of rotatable bonds is 3. The molecule has 0 bridgehead atoms. The van der Waals surface area contributed by atoms with Crippen LogP contribution in [0.4, 0.5) is 5.69 Å². The Kier molecular flexibility index (Phi) is 7.48. The van der Waals surface area contributed by atoms with Gasteiger partial charge in [-0.25, -0.2) is 0 Å². The molecule has 0 spiro atoms. The molecule has 0 aromatic heterocycles. The fourth-order valence-corrected chi connectivity index (χ4v) is 2.03. The number of nitrogens with one attached hydrogen (secondary N) is 1. The third-order valence-corrected chi connectivity index (χ3v) is 3.09. The minimum atomic E-state index is 1.08. The third kappa shape index (κ3) is 5.73. The third-order valence-electron chi connectivity index (χ3n) is 3.09. The monoisotopic (exact) mass is 234 g/mol. The number of benzene rings is 1. The minimum Gasteiger partial charge on any atom is -0.372 e. The molecule has 17 heavy (non-hydrogen) atoms. The molecule has 1 N–H and O–H groups in total. The van der Waals surface area contributed by atoms with Crippen molar-refractivity contribution < 1.29 is 0 Å². The van der Waals surface area contributed by atoms with Gasteiger partial charge in [-0.05, 0) is 51.9 Å². The van der Waals surface area contributed by atoms with Gasteiger partial charge in [-0.15, -0.1) is 0 Å². The van der Waals surface area contributed by atoms with Gasteiger partial charge in [0.1, 0.15) is 0 Å². The van der Waals surface area contributed by atoms with Crippen molar-refractivity contribution in [3.05, 3.63) is 30.3 Å². The first-order valence-corrected chi connectivity index (χ1v) is 6.89. The summed E-state index contributed by atoms with van der Waals surface area (Å²) in [5, 5.41) is 3.28. The van der Waals surface area contributed by atoms with Crippen LogP contribution < -0.4 is 10.2 Å². The molecule has 1 aliphatic heterocycles. The average Bonchev–Trinajstić information content (AvgIpc) is 2.44.